The number of hydrogen-bond donors (Lipinski definition) is 0. The summed E-state index contributed by atoms with van der Waals surface area (Å²) < 4.78 is 28.2. The molecule has 2 bridgehead atoms. The zero-order valence-electron chi connectivity index (χ0n) is 28.2. The monoisotopic (exact) mass is 703 g/mol. The number of para-hydroxylation sites is 1. The number of carbonyl (C=O) groups is 4. The van der Waals surface area contributed by atoms with Gasteiger partial charge in [0.05, 0.1) is 41.0 Å². The van der Waals surface area contributed by atoms with Gasteiger partial charge in [-0.3, -0.25) is 14.4 Å². The minimum absolute atomic E-state index is 0.0375. The molecule has 1 saturated heterocycles. The van der Waals surface area contributed by atoms with Gasteiger partial charge < -0.3 is 23.7 Å². The highest BCUT2D eigenvalue weighted by Crippen LogP contribution is 2.75. The van der Waals surface area contributed by atoms with Gasteiger partial charge in [0.25, 0.3) is 0 Å². The highest BCUT2D eigenvalue weighted by Gasteiger charge is 2.83. The molecule has 2 aliphatic carbocycles. The van der Waals surface area contributed by atoms with E-state index in [1.807, 2.05) is 84.9 Å². The van der Waals surface area contributed by atoms with Crippen molar-refractivity contribution in [3.05, 3.63) is 149 Å². The molecule has 5 aromatic carbocycles. The Balaban J connectivity index is 1.36. The van der Waals surface area contributed by atoms with E-state index in [-0.39, 0.29) is 30.6 Å². The topological polar surface area (TPSA) is 118 Å². The third kappa shape index (κ3) is 3.87. The molecule has 2 fully saturated rings. The molecule has 260 valence electrons. The van der Waals surface area contributed by atoms with Crippen LogP contribution in [0.25, 0.3) is 11.1 Å². The van der Waals surface area contributed by atoms with Gasteiger partial charge in [-0.15, -0.1) is 0 Å². The largest absolute Gasteiger partial charge is 0.465 e. The Bertz CT molecular complexity index is 2320. The number of imide groups is 1. The summed E-state index contributed by atoms with van der Waals surface area (Å²) in [4.78, 5) is 61.3. The van der Waals surface area contributed by atoms with E-state index in [0.29, 0.717) is 56.4 Å². The van der Waals surface area contributed by atoms with Gasteiger partial charge in [-0.1, -0.05) is 84.9 Å². The van der Waals surface area contributed by atoms with E-state index in [0.717, 1.165) is 4.90 Å². The van der Waals surface area contributed by atoms with Crippen molar-refractivity contribution >= 4 is 40.4 Å². The highest BCUT2D eigenvalue weighted by molar-refractivity contribution is 6.39. The second-order valence-corrected chi connectivity index (χ2v) is 13.5. The van der Waals surface area contributed by atoms with Crippen LogP contribution in [0.5, 0.6) is 23.0 Å². The number of allylic oxidation sites excluding steroid dienone is 2. The Labute approximate surface area is 303 Å². The molecule has 2 amide bonds. The first-order chi connectivity index (χ1) is 25.9. The van der Waals surface area contributed by atoms with Crippen molar-refractivity contribution in [3.8, 4) is 23.0 Å². The summed E-state index contributed by atoms with van der Waals surface area (Å²) in [5, 5.41) is 0. The molecule has 5 aromatic rings. The molecule has 0 aromatic heterocycles. The molecular formula is C43H29NO9. The molecule has 10 rings (SSSR count). The molecule has 10 heteroatoms. The Kier molecular flexibility index (Phi) is 6.54. The minimum atomic E-state index is -1.68. The number of hydrogen-bond acceptors (Lipinski definition) is 9. The zero-order valence-corrected chi connectivity index (χ0v) is 28.2. The maximum absolute atomic E-state index is 16.3. The summed E-state index contributed by atoms with van der Waals surface area (Å²) in [6, 6.07) is 35.8. The fourth-order valence-electron chi connectivity index (χ4n) is 9.42. The number of methoxy groups -OCH3 is 1. The smallest absolute Gasteiger partial charge is 0.339 e. The van der Waals surface area contributed by atoms with E-state index in [2.05, 4.69) is 0 Å². The Morgan fingerprint density at radius 2 is 1.06 bits per heavy atom. The average molecular weight is 704 g/mol. The molecule has 0 radical (unpaired) electrons. The summed E-state index contributed by atoms with van der Waals surface area (Å²) in [5.74, 6) is -2.48. The van der Waals surface area contributed by atoms with E-state index >= 15 is 14.4 Å². The lowest BCUT2D eigenvalue weighted by atomic mass is 9.59. The van der Waals surface area contributed by atoms with Crippen molar-refractivity contribution in [2.24, 2.45) is 11.8 Å². The number of ether oxygens (including phenoxy) is 5. The number of benzene rings is 5. The van der Waals surface area contributed by atoms with Gasteiger partial charge in [-0.2, -0.15) is 0 Å². The quantitative estimate of drug-likeness (QED) is 0.152. The molecular weight excluding hydrogens is 674 g/mol. The molecule has 4 unspecified atom stereocenters. The van der Waals surface area contributed by atoms with Crippen LogP contribution in [0, 0.1) is 11.8 Å². The predicted octanol–water partition coefficient (Wildman–Crippen LogP) is 6.12. The van der Waals surface area contributed by atoms with Crippen LogP contribution in [0.1, 0.15) is 32.6 Å². The van der Waals surface area contributed by atoms with Crippen molar-refractivity contribution in [3.63, 3.8) is 0 Å². The van der Waals surface area contributed by atoms with Gasteiger partial charge >= 0.3 is 5.97 Å². The Hall–Kier alpha value is -6.68. The number of esters is 1. The Morgan fingerprint density at radius 3 is 1.55 bits per heavy atom. The summed E-state index contributed by atoms with van der Waals surface area (Å²) in [7, 11) is 1.24. The van der Waals surface area contributed by atoms with Crippen molar-refractivity contribution in [1.82, 2.24) is 0 Å². The van der Waals surface area contributed by atoms with Gasteiger partial charge in [0.2, 0.25) is 25.4 Å². The van der Waals surface area contributed by atoms with Crippen molar-refractivity contribution in [2.45, 2.75) is 10.8 Å². The van der Waals surface area contributed by atoms with Crippen molar-refractivity contribution in [1.29, 1.82) is 0 Å². The zero-order chi connectivity index (χ0) is 36.1. The summed E-state index contributed by atoms with van der Waals surface area (Å²) >= 11 is 0. The maximum Gasteiger partial charge on any atom is 0.339 e. The van der Waals surface area contributed by atoms with Crippen LogP contribution in [0.4, 0.5) is 5.69 Å². The number of nitrogens with zero attached hydrogens (tertiary/aromatic N) is 1. The van der Waals surface area contributed by atoms with Gasteiger partial charge in [-0.05, 0) is 69.8 Å². The molecule has 3 aliphatic heterocycles. The van der Waals surface area contributed by atoms with Crippen LogP contribution in [-0.4, -0.2) is 44.3 Å². The fraction of sp³-hybridized carbons (Fsp3) is 0.163. The van der Waals surface area contributed by atoms with Gasteiger partial charge in [0.1, 0.15) is 0 Å². The van der Waals surface area contributed by atoms with Crippen molar-refractivity contribution in [2.75, 3.05) is 25.6 Å². The van der Waals surface area contributed by atoms with Gasteiger partial charge in [0.15, 0.2) is 28.8 Å². The lowest BCUT2D eigenvalue weighted by molar-refractivity contribution is -0.130. The molecule has 1 saturated carbocycles. The van der Waals surface area contributed by atoms with Crippen LogP contribution in [0.15, 0.2) is 121 Å². The number of anilines is 1. The SMILES string of the molecule is COC(=O)c1ccccc1N1C(=O)C2C(C1=O)C1(c3ccccc3)C(=O)C2(c2ccccc2)C(c2ccc3c(c2)OCO3)=C1c1ccc2c(c1)OCO2. The number of ketones is 1. The number of carbonyl (C=O) groups excluding carboxylic acids is 4. The van der Waals surface area contributed by atoms with E-state index in [9.17, 15) is 4.79 Å². The maximum atomic E-state index is 16.3. The number of fused-ring (bicyclic) bond motifs is 7. The van der Waals surface area contributed by atoms with E-state index in [4.69, 9.17) is 23.7 Å². The summed E-state index contributed by atoms with van der Waals surface area (Å²) in [5.41, 5.74) is 0.310. The van der Waals surface area contributed by atoms with Crippen LogP contribution < -0.4 is 23.8 Å². The third-order valence-electron chi connectivity index (χ3n) is 11.3. The lowest BCUT2D eigenvalue weighted by Crippen LogP contribution is -2.46. The van der Waals surface area contributed by atoms with Crippen LogP contribution in [0.2, 0.25) is 0 Å². The lowest BCUT2D eigenvalue weighted by Gasteiger charge is -2.39. The first kappa shape index (κ1) is 31.1. The third-order valence-corrected chi connectivity index (χ3v) is 11.3. The predicted molar refractivity (Wildman–Crippen MR) is 190 cm³/mol. The minimum Gasteiger partial charge on any atom is -0.465 e. The second kappa shape index (κ2) is 11.2. The molecule has 4 atom stereocenters. The molecule has 0 spiro atoms. The molecule has 5 aliphatic rings. The second-order valence-electron chi connectivity index (χ2n) is 13.5. The molecule has 3 heterocycles. The number of rotatable bonds is 6. The molecule has 10 nitrogen and oxygen atoms in total. The summed E-state index contributed by atoms with van der Waals surface area (Å²) in [6.07, 6.45) is 0. The first-order valence-corrected chi connectivity index (χ1v) is 17.2. The van der Waals surface area contributed by atoms with Crippen LogP contribution in [0.3, 0.4) is 0 Å². The van der Waals surface area contributed by atoms with E-state index in [1.165, 1.54) is 13.2 Å². The number of amides is 2. The Morgan fingerprint density at radius 1 is 0.604 bits per heavy atom. The van der Waals surface area contributed by atoms with Gasteiger partial charge in [-0.25, -0.2) is 9.69 Å². The van der Waals surface area contributed by atoms with Crippen molar-refractivity contribution < 1.29 is 42.9 Å². The summed E-state index contributed by atoms with van der Waals surface area (Å²) in [6.45, 7) is 0.0750. The van der Waals surface area contributed by atoms with Gasteiger partial charge in [0, 0.05) is 0 Å². The fourth-order valence-corrected chi connectivity index (χ4v) is 9.42. The average Bonchev–Trinajstić information content (AvgIpc) is 4.01. The first-order valence-electron chi connectivity index (χ1n) is 17.2. The highest BCUT2D eigenvalue weighted by atomic mass is 16.7. The molecule has 53 heavy (non-hydrogen) atoms. The standard InChI is InChI=1S/C43H29NO9/c1-49-40(47)28-14-8-9-15-29(28)44-38(45)36-37(39(44)46)43(27-12-6-3-7-13-27)35(25-17-19-31-33(21-25)53-23-51-31)34(24-16-18-30-32(20-24)52-22-50-30)42(36,41(43)48)26-10-4-2-5-11-26/h2-21,36-37H,22-23H2,1H3. The normalized spacial score (nSPS) is 24.6. The van der Waals surface area contributed by atoms with E-state index in [1.54, 1.807) is 30.3 Å². The van der Waals surface area contributed by atoms with E-state index < -0.39 is 40.4 Å². The van der Waals surface area contributed by atoms with Crippen LogP contribution >= 0.6 is 0 Å². The molecule has 0 N–H and O–H groups in total. The number of Topliss-reactive ketones (excluding diaryl/α,β-unsaturated/α-hetero) is 1. The van der Waals surface area contributed by atoms with Crippen LogP contribution in [-0.2, 0) is 30.0 Å².